The summed E-state index contributed by atoms with van der Waals surface area (Å²) in [5.74, 6) is 2.82. The first-order valence-corrected chi connectivity index (χ1v) is 9.35. The van der Waals surface area contributed by atoms with Gasteiger partial charge in [0, 0.05) is 19.1 Å². The zero-order chi connectivity index (χ0) is 15.4. The van der Waals surface area contributed by atoms with Gasteiger partial charge in [-0.1, -0.05) is 13.8 Å². The second-order valence-electron chi connectivity index (χ2n) is 8.20. The van der Waals surface area contributed by atoms with Gasteiger partial charge in [0.2, 0.25) is 0 Å². The molecule has 1 saturated heterocycles. The van der Waals surface area contributed by atoms with Gasteiger partial charge in [-0.3, -0.25) is 0 Å². The maximum Gasteiger partial charge on any atom is 0.0605 e. The largest absolute Gasteiger partial charge is 0.375 e. The minimum absolute atomic E-state index is 0.375. The highest BCUT2D eigenvalue weighted by Crippen LogP contribution is 2.34. The molecule has 2 nitrogen and oxygen atoms in total. The van der Waals surface area contributed by atoms with Crippen molar-refractivity contribution in [2.45, 2.75) is 91.4 Å². The molecule has 0 radical (unpaired) electrons. The first-order valence-electron chi connectivity index (χ1n) is 9.35. The first kappa shape index (κ1) is 17.3. The Labute approximate surface area is 132 Å². The molecule has 0 amide bonds. The lowest BCUT2D eigenvalue weighted by Crippen LogP contribution is -2.46. The van der Waals surface area contributed by atoms with Crippen molar-refractivity contribution in [3.63, 3.8) is 0 Å². The summed E-state index contributed by atoms with van der Waals surface area (Å²) < 4.78 is 6.01. The third-order valence-electron chi connectivity index (χ3n) is 5.76. The summed E-state index contributed by atoms with van der Waals surface area (Å²) in [6.07, 6.45) is 9.15. The number of nitrogens with zero attached hydrogens (tertiary/aromatic N) is 1. The van der Waals surface area contributed by atoms with E-state index in [1.165, 1.54) is 51.6 Å². The van der Waals surface area contributed by atoms with Gasteiger partial charge < -0.3 is 9.64 Å². The van der Waals surface area contributed by atoms with E-state index in [4.69, 9.17) is 4.74 Å². The maximum absolute atomic E-state index is 6.01. The average molecular weight is 296 g/mol. The fourth-order valence-corrected chi connectivity index (χ4v) is 4.33. The number of piperidine rings is 1. The van der Waals surface area contributed by atoms with Crippen LogP contribution < -0.4 is 0 Å². The number of rotatable bonds is 5. The van der Waals surface area contributed by atoms with E-state index >= 15 is 0 Å². The van der Waals surface area contributed by atoms with E-state index in [1.54, 1.807) is 0 Å². The fourth-order valence-electron chi connectivity index (χ4n) is 4.33. The smallest absolute Gasteiger partial charge is 0.0605 e. The van der Waals surface area contributed by atoms with Gasteiger partial charge in [0.25, 0.3) is 0 Å². The van der Waals surface area contributed by atoms with E-state index in [9.17, 15) is 0 Å². The summed E-state index contributed by atoms with van der Waals surface area (Å²) in [6.45, 7) is 14.1. The highest BCUT2D eigenvalue weighted by Gasteiger charge is 2.30. The summed E-state index contributed by atoms with van der Waals surface area (Å²) in [5, 5.41) is 0. The molecule has 2 rings (SSSR count). The van der Waals surface area contributed by atoms with Crippen LogP contribution in [0.4, 0.5) is 0 Å². The lowest BCUT2D eigenvalue weighted by molar-refractivity contribution is -0.0452. The average Bonchev–Trinajstić information content (AvgIpc) is 2.42. The van der Waals surface area contributed by atoms with Crippen LogP contribution >= 0.6 is 0 Å². The minimum atomic E-state index is 0.375. The van der Waals surface area contributed by atoms with E-state index in [1.807, 2.05) is 0 Å². The van der Waals surface area contributed by atoms with Crippen LogP contribution in [0.5, 0.6) is 0 Å². The number of hydrogen-bond acceptors (Lipinski definition) is 2. The van der Waals surface area contributed by atoms with Gasteiger partial charge in [0.1, 0.15) is 0 Å². The molecule has 21 heavy (non-hydrogen) atoms. The number of hydrogen-bond donors (Lipinski definition) is 0. The van der Waals surface area contributed by atoms with Gasteiger partial charge in [0.15, 0.2) is 0 Å². The molecule has 2 atom stereocenters. The molecule has 0 aromatic carbocycles. The van der Waals surface area contributed by atoms with Crippen LogP contribution in [0.15, 0.2) is 0 Å². The molecule has 1 aliphatic carbocycles. The van der Waals surface area contributed by atoms with E-state index in [0.717, 1.165) is 17.8 Å². The van der Waals surface area contributed by atoms with Crippen molar-refractivity contribution >= 4 is 0 Å². The van der Waals surface area contributed by atoms with Crippen LogP contribution in [0.25, 0.3) is 0 Å². The Bertz CT molecular complexity index is 294. The Balaban J connectivity index is 1.72. The Morgan fingerprint density at radius 2 is 1.67 bits per heavy atom. The Morgan fingerprint density at radius 1 is 1.00 bits per heavy atom. The molecule has 1 heterocycles. The van der Waals surface area contributed by atoms with Crippen LogP contribution in [0.1, 0.15) is 73.1 Å². The molecule has 2 heteroatoms. The molecule has 2 fully saturated rings. The van der Waals surface area contributed by atoms with Gasteiger partial charge in [0.05, 0.1) is 12.2 Å². The molecule has 2 aliphatic rings. The van der Waals surface area contributed by atoms with Crippen molar-refractivity contribution in [1.82, 2.24) is 4.90 Å². The quantitative estimate of drug-likeness (QED) is 0.727. The third kappa shape index (κ3) is 5.25. The molecule has 0 N–H and O–H groups in total. The van der Waals surface area contributed by atoms with Gasteiger partial charge >= 0.3 is 0 Å². The predicted molar refractivity (Wildman–Crippen MR) is 90.6 cm³/mol. The van der Waals surface area contributed by atoms with Gasteiger partial charge in [-0.2, -0.15) is 0 Å². The van der Waals surface area contributed by atoms with E-state index < -0.39 is 0 Å². The van der Waals surface area contributed by atoms with Gasteiger partial charge in [-0.05, 0) is 77.0 Å². The monoisotopic (exact) mass is 295 g/mol. The highest BCUT2D eigenvalue weighted by molar-refractivity contribution is 4.83. The van der Waals surface area contributed by atoms with Crippen LogP contribution in [0.2, 0.25) is 0 Å². The highest BCUT2D eigenvalue weighted by atomic mass is 16.5. The Kier molecular flexibility index (Phi) is 6.55. The molecule has 0 spiro atoms. The summed E-state index contributed by atoms with van der Waals surface area (Å²) >= 11 is 0. The second-order valence-corrected chi connectivity index (χ2v) is 8.20. The molecule has 1 aliphatic heterocycles. The maximum atomic E-state index is 6.01. The molecule has 124 valence electrons. The lowest BCUT2D eigenvalue weighted by Gasteiger charge is -2.41. The Morgan fingerprint density at radius 3 is 2.19 bits per heavy atom. The molecular formula is C19H37NO. The molecule has 0 aromatic rings. The third-order valence-corrected chi connectivity index (χ3v) is 5.76. The number of ether oxygens (including phenoxy) is 1. The lowest BCUT2D eigenvalue weighted by atomic mass is 9.76. The van der Waals surface area contributed by atoms with Crippen LogP contribution in [-0.2, 0) is 4.74 Å². The Hall–Kier alpha value is -0.0800. The molecule has 1 saturated carbocycles. The summed E-state index contributed by atoms with van der Waals surface area (Å²) in [5.41, 5.74) is 0. The SMILES string of the molecule is CC(C)OC1CCN(CC2CCC(C(C)C)CC2)[C@H](C)C1. The van der Waals surface area contributed by atoms with Crippen molar-refractivity contribution in [3.8, 4) is 0 Å². The van der Waals surface area contributed by atoms with Crippen molar-refractivity contribution in [3.05, 3.63) is 0 Å². The fraction of sp³-hybridized carbons (Fsp3) is 1.00. The normalized spacial score (nSPS) is 35.6. The van der Waals surface area contributed by atoms with E-state index in [2.05, 4.69) is 39.5 Å². The second kappa shape index (κ2) is 7.97. The zero-order valence-electron chi connectivity index (χ0n) is 15.0. The standard InChI is InChI=1S/C19H37NO/c1-14(2)18-8-6-17(7-9-18)13-20-11-10-19(12-16(20)5)21-15(3)4/h14-19H,6-13H2,1-5H3/t16-,17?,18?,19?/m1/s1. The summed E-state index contributed by atoms with van der Waals surface area (Å²) in [7, 11) is 0. The summed E-state index contributed by atoms with van der Waals surface area (Å²) in [4.78, 5) is 2.74. The zero-order valence-corrected chi connectivity index (χ0v) is 15.0. The number of likely N-dealkylation sites (tertiary alicyclic amines) is 1. The van der Waals surface area contributed by atoms with E-state index in [-0.39, 0.29) is 0 Å². The molecular weight excluding hydrogens is 258 g/mol. The predicted octanol–water partition coefficient (Wildman–Crippen LogP) is 4.73. The van der Waals surface area contributed by atoms with Gasteiger partial charge in [-0.25, -0.2) is 0 Å². The minimum Gasteiger partial charge on any atom is -0.375 e. The van der Waals surface area contributed by atoms with Crippen molar-refractivity contribution < 1.29 is 4.74 Å². The van der Waals surface area contributed by atoms with E-state index in [0.29, 0.717) is 18.2 Å². The first-order chi connectivity index (χ1) is 9.95. The van der Waals surface area contributed by atoms with Crippen LogP contribution in [0, 0.1) is 17.8 Å². The topological polar surface area (TPSA) is 12.5 Å². The van der Waals surface area contributed by atoms with Crippen LogP contribution in [-0.4, -0.2) is 36.2 Å². The van der Waals surface area contributed by atoms with Crippen molar-refractivity contribution in [1.29, 1.82) is 0 Å². The van der Waals surface area contributed by atoms with Crippen LogP contribution in [0.3, 0.4) is 0 Å². The summed E-state index contributed by atoms with van der Waals surface area (Å²) in [6, 6.07) is 0.699. The van der Waals surface area contributed by atoms with Crippen molar-refractivity contribution in [2.24, 2.45) is 17.8 Å². The van der Waals surface area contributed by atoms with Crippen molar-refractivity contribution in [2.75, 3.05) is 13.1 Å². The van der Waals surface area contributed by atoms with Gasteiger partial charge in [-0.15, -0.1) is 0 Å². The molecule has 0 aromatic heterocycles. The molecule has 1 unspecified atom stereocenters. The molecule has 0 bridgehead atoms.